The van der Waals surface area contributed by atoms with Crippen molar-refractivity contribution in [1.29, 1.82) is 0 Å². The minimum Gasteiger partial charge on any atom is -0.339 e. The van der Waals surface area contributed by atoms with E-state index in [2.05, 4.69) is 0 Å². The van der Waals surface area contributed by atoms with Crippen molar-refractivity contribution in [3.8, 4) is 0 Å². The lowest BCUT2D eigenvalue weighted by Crippen LogP contribution is -2.48. The number of carbonyl (C=O) groups excluding carboxylic acids is 1. The van der Waals surface area contributed by atoms with Gasteiger partial charge in [0.15, 0.2) is 0 Å². The van der Waals surface area contributed by atoms with Gasteiger partial charge in [-0.25, -0.2) is 4.39 Å². The molecule has 1 aromatic carbocycles. The highest BCUT2D eigenvalue weighted by atomic mass is 19.1. The normalized spacial score (nSPS) is 18.9. The number of likely N-dealkylation sites (tertiary alicyclic amines) is 1. The van der Waals surface area contributed by atoms with E-state index >= 15 is 0 Å². The summed E-state index contributed by atoms with van der Waals surface area (Å²) >= 11 is 0. The van der Waals surface area contributed by atoms with Crippen LogP contribution in [0.15, 0.2) is 18.2 Å². The molecule has 1 aliphatic heterocycles. The zero-order valence-corrected chi connectivity index (χ0v) is 13.1. The highest BCUT2D eigenvalue weighted by Crippen LogP contribution is 2.28. The van der Waals surface area contributed by atoms with Crippen molar-refractivity contribution in [1.82, 2.24) is 9.47 Å². The first-order valence-corrected chi connectivity index (χ1v) is 7.80. The molecule has 1 aromatic heterocycles. The summed E-state index contributed by atoms with van der Waals surface area (Å²) in [7, 11) is 1.86. The molecule has 1 amide bonds. The Hall–Kier alpha value is -1.88. The smallest absolute Gasteiger partial charge is 0.271 e. The molecule has 118 valence electrons. The third-order valence-corrected chi connectivity index (χ3v) is 4.78. The van der Waals surface area contributed by atoms with Crippen LogP contribution in [-0.2, 0) is 7.05 Å². The highest BCUT2D eigenvalue weighted by molar-refractivity contribution is 6.01. The number of nitrogens with two attached hydrogens (primary N) is 1. The van der Waals surface area contributed by atoms with Gasteiger partial charge in [-0.2, -0.15) is 0 Å². The van der Waals surface area contributed by atoms with Crippen molar-refractivity contribution in [3.63, 3.8) is 0 Å². The minimum absolute atomic E-state index is 0.00626. The summed E-state index contributed by atoms with van der Waals surface area (Å²) in [6.45, 7) is 3.12. The first-order chi connectivity index (χ1) is 10.5. The number of piperidine rings is 1. The van der Waals surface area contributed by atoms with E-state index in [9.17, 15) is 9.18 Å². The van der Waals surface area contributed by atoms with Crippen molar-refractivity contribution in [3.05, 3.63) is 35.3 Å². The molecule has 22 heavy (non-hydrogen) atoms. The first-order valence-electron chi connectivity index (χ1n) is 7.80. The lowest BCUT2D eigenvalue weighted by molar-refractivity contribution is 0.0613. The standard InChI is InChI=1S/C17H22FN3O/c1-11-14-9-12(18)6-7-15(14)20(2)16(11)17(22)21-8-4-3-5-13(21)10-19/h6-7,9,13H,3-5,8,10,19H2,1-2H3/t13-/m1/s1. The Kier molecular flexibility index (Phi) is 3.91. The lowest BCUT2D eigenvalue weighted by atomic mass is 10.0. The summed E-state index contributed by atoms with van der Waals surface area (Å²) in [5.41, 5.74) is 8.18. The predicted octanol–water partition coefficient (Wildman–Crippen LogP) is 2.58. The summed E-state index contributed by atoms with van der Waals surface area (Å²) in [5, 5.41) is 0.798. The van der Waals surface area contributed by atoms with Crippen LogP contribution in [0.5, 0.6) is 0 Å². The molecule has 2 N–H and O–H groups in total. The van der Waals surface area contributed by atoms with E-state index in [-0.39, 0.29) is 17.8 Å². The van der Waals surface area contributed by atoms with Crippen LogP contribution >= 0.6 is 0 Å². The maximum absolute atomic E-state index is 13.5. The molecule has 3 rings (SSSR count). The molecular weight excluding hydrogens is 281 g/mol. The quantitative estimate of drug-likeness (QED) is 0.927. The molecule has 1 aliphatic rings. The fraction of sp³-hybridized carbons (Fsp3) is 0.471. The third-order valence-electron chi connectivity index (χ3n) is 4.78. The molecule has 0 saturated carbocycles. The zero-order chi connectivity index (χ0) is 15.9. The van der Waals surface area contributed by atoms with Crippen LogP contribution in [0.25, 0.3) is 10.9 Å². The van der Waals surface area contributed by atoms with Gasteiger partial charge in [0.1, 0.15) is 11.5 Å². The molecule has 1 atom stereocenters. The number of hydrogen-bond acceptors (Lipinski definition) is 2. The van der Waals surface area contributed by atoms with Crippen LogP contribution in [0.2, 0.25) is 0 Å². The van der Waals surface area contributed by atoms with Gasteiger partial charge in [0, 0.05) is 37.1 Å². The molecule has 2 heterocycles. The number of benzene rings is 1. The van der Waals surface area contributed by atoms with Gasteiger partial charge in [-0.15, -0.1) is 0 Å². The van der Waals surface area contributed by atoms with Gasteiger partial charge < -0.3 is 15.2 Å². The molecule has 1 fully saturated rings. The van der Waals surface area contributed by atoms with Crippen LogP contribution in [0.4, 0.5) is 4.39 Å². The molecule has 0 spiro atoms. The average molecular weight is 303 g/mol. The van der Waals surface area contributed by atoms with Crippen LogP contribution in [0, 0.1) is 12.7 Å². The van der Waals surface area contributed by atoms with E-state index in [1.54, 1.807) is 6.07 Å². The molecule has 0 aliphatic carbocycles. The molecule has 0 unspecified atom stereocenters. The van der Waals surface area contributed by atoms with Gasteiger partial charge in [-0.05, 0) is 49.9 Å². The molecule has 4 nitrogen and oxygen atoms in total. The second-order valence-electron chi connectivity index (χ2n) is 6.08. The van der Waals surface area contributed by atoms with Crippen molar-refractivity contribution < 1.29 is 9.18 Å². The number of fused-ring (bicyclic) bond motifs is 1. The molecule has 0 bridgehead atoms. The van der Waals surface area contributed by atoms with Crippen LogP contribution < -0.4 is 5.73 Å². The summed E-state index contributed by atoms with van der Waals surface area (Å²) in [4.78, 5) is 14.9. The fourth-order valence-electron chi connectivity index (χ4n) is 3.55. The first kappa shape index (κ1) is 15.0. The van der Waals surface area contributed by atoms with Gasteiger partial charge in [-0.3, -0.25) is 4.79 Å². The second-order valence-corrected chi connectivity index (χ2v) is 6.08. The Morgan fingerprint density at radius 1 is 1.41 bits per heavy atom. The van der Waals surface area contributed by atoms with Crippen molar-refractivity contribution >= 4 is 16.8 Å². The second kappa shape index (κ2) is 5.72. The predicted molar refractivity (Wildman–Crippen MR) is 85.3 cm³/mol. The van der Waals surface area contributed by atoms with E-state index in [0.29, 0.717) is 12.2 Å². The van der Waals surface area contributed by atoms with Gasteiger partial charge in [0.25, 0.3) is 5.91 Å². The highest BCUT2D eigenvalue weighted by Gasteiger charge is 2.29. The van der Waals surface area contributed by atoms with Crippen LogP contribution in [0.3, 0.4) is 0 Å². The van der Waals surface area contributed by atoms with E-state index in [4.69, 9.17) is 5.73 Å². The van der Waals surface area contributed by atoms with Gasteiger partial charge >= 0.3 is 0 Å². The Balaban J connectivity index is 2.07. The molecule has 1 saturated heterocycles. The largest absolute Gasteiger partial charge is 0.339 e. The third kappa shape index (κ3) is 2.29. The minimum atomic E-state index is -0.280. The van der Waals surface area contributed by atoms with Gasteiger partial charge in [-0.1, -0.05) is 0 Å². The molecule has 0 radical (unpaired) electrons. The van der Waals surface area contributed by atoms with E-state index in [1.165, 1.54) is 12.1 Å². The number of carbonyl (C=O) groups is 1. The number of amides is 1. The molecular formula is C17H22FN3O. The van der Waals surface area contributed by atoms with E-state index < -0.39 is 0 Å². The maximum atomic E-state index is 13.5. The Morgan fingerprint density at radius 3 is 2.91 bits per heavy atom. The van der Waals surface area contributed by atoms with Crippen LogP contribution in [-0.4, -0.2) is 34.5 Å². The Bertz CT molecular complexity index is 722. The number of aromatic nitrogens is 1. The van der Waals surface area contributed by atoms with Crippen molar-refractivity contribution in [2.45, 2.75) is 32.2 Å². The Morgan fingerprint density at radius 2 is 2.18 bits per heavy atom. The van der Waals surface area contributed by atoms with Crippen molar-refractivity contribution in [2.24, 2.45) is 12.8 Å². The monoisotopic (exact) mass is 303 g/mol. The number of halogens is 1. The fourth-order valence-corrected chi connectivity index (χ4v) is 3.55. The number of rotatable bonds is 2. The summed E-state index contributed by atoms with van der Waals surface area (Å²) in [5.74, 6) is -0.273. The van der Waals surface area contributed by atoms with E-state index in [1.807, 2.05) is 23.4 Å². The zero-order valence-electron chi connectivity index (χ0n) is 13.1. The number of aryl methyl sites for hydroxylation is 2. The maximum Gasteiger partial charge on any atom is 0.271 e. The Labute approximate surface area is 129 Å². The van der Waals surface area contributed by atoms with Crippen molar-refractivity contribution in [2.75, 3.05) is 13.1 Å². The average Bonchev–Trinajstić information content (AvgIpc) is 2.77. The summed E-state index contributed by atoms with van der Waals surface area (Å²) in [6, 6.07) is 4.76. The summed E-state index contributed by atoms with van der Waals surface area (Å²) < 4.78 is 15.4. The van der Waals surface area contributed by atoms with Gasteiger partial charge in [0.2, 0.25) is 0 Å². The van der Waals surface area contributed by atoms with E-state index in [0.717, 1.165) is 42.3 Å². The number of nitrogens with zero attached hydrogens (tertiary/aromatic N) is 2. The lowest BCUT2D eigenvalue weighted by Gasteiger charge is -2.35. The summed E-state index contributed by atoms with van der Waals surface area (Å²) in [6.07, 6.45) is 3.09. The van der Waals surface area contributed by atoms with Crippen LogP contribution in [0.1, 0.15) is 35.3 Å². The topological polar surface area (TPSA) is 51.3 Å². The van der Waals surface area contributed by atoms with Gasteiger partial charge in [0.05, 0.1) is 0 Å². The SMILES string of the molecule is Cc1c(C(=O)N2CCCC[C@@H]2CN)n(C)c2ccc(F)cc12. The number of hydrogen-bond donors (Lipinski definition) is 1. The molecule has 5 heteroatoms. The molecule has 2 aromatic rings.